The molecular weight excluding hydrogens is 274 g/mol. The Hall–Kier alpha value is -1.88. The van der Waals surface area contributed by atoms with E-state index in [4.69, 9.17) is 11.6 Å². The van der Waals surface area contributed by atoms with Gasteiger partial charge < -0.3 is 10.6 Å². The molecule has 1 aromatic carbocycles. The Bertz CT molecular complexity index is 600. The van der Waals surface area contributed by atoms with Crippen LogP contribution in [0, 0.1) is 13.8 Å². The van der Waals surface area contributed by atoms with Crippen molar-refractivity contribution in [2.75, 3.05) is 17.2 Å². The van der Waals surface area contributed by atoms with E-state index >= 15 is 0 Å². The first-order valence-electron chi connectivity index (χ1n) is 6.58. The average molecular weight is 292 g/mol. The smallest absolute Gasteiger partial charge is 0.233 e. The lowest BCUT2D eigenvalue weighted by Gasteiger charge is -2.10. The van der Waals surface area contributed by atoms with Crippen molar-refractivity contribution in [3.8, 4) is 0 Å². The predicted molar refractivity (Wildman–Crippen MR) is 82.8 cm³/mol. The molecule has 2 rings (SSSR count). The van der Waals surface area contributed by atoms with E-state index in [0.717, 1.165) is 24.2 Å². The number of rotatable bonds is 5. The third-order valence-corrected chi connectivity index (χ3v) is 2.95. The third-order valence-electron chi connectivity index (χ3n) is 2.78. The summed E-state index contributed by atoms with van der Waals surface area (Å²) in [6.45, 7) is 6.94. The molecule has 0 spiro atoms. The van der Waals surface area contributed by atoms with Gasteiger partial charge in [0.05, 0.1) is 0 Å². The zero-order valence-electron chi connectivity index (χ0n) is 11.9. The van der Waals surface area contributed by atoms with Crippen LogP contribution in [0.25, 0.3) is 0 Å². The van der Waals surface area contributed by atoms with Crippen LogP contribution in [0.5, 0.6) is 0 Å². The summed E-state index contributed by atoms with van der Waals surface area (Å²) in [7, 11) is 0. The maximum absolute atomic E-state index is 5.92. The molecule has 0 bridgehead atoms. The van der Waals surface area contributed by atoms with E-state index in [1.165, 1.54) is 5.56 Å². The van der Waals surface area contributed by atoms with Crippen LogP contribution >= 0.6 is 11.6 Å². The SMILES string of the molecule is CCCNc1nc(Cl)nc(Nc2cc(C)ccc2C)n1. The van der Waals surface area contributed by atoms with Gasteiger partial charge in [-0.3, -0.25) is 0 Å². The molecule has 0 atom stereocenters. The molecule has 2 aromatic rings. The van der Waals surface area contributed by atoms with Crippen LogP contribution in [-0.4, -0.2) is 21.5 Å². The zero-order valence-corrected chi connectivity index (χ0v) is 12.6. The summed E-state index contributed by atoms with van der Waals surface area (Å²) in [5.41, 5.74) is 3.26. The van der Waals surface area contributed by atoms with E-state index in [1.54, 1.807) is 0 Å². The summed E-state index contributed by atoms with van der Waals surface area (Å²) >= 11 is 5.92. The first kappa shape index (κ1) is 14.5. The highest BCUT2D eigenvalue weighted by molar-refractivity contribution is 6.28. The maximum Gasteiger partial charge on any atom is 0.233 e. The second-order valence-electron chi connectivity index (χ2n) is 4.62. The van der Waals surface area contributed by atoms with E-state index in [0.29, 0.717) is 11.9 Å². The average Bonchev–Trinajstić information content (AvgIpc) is 2.40. The maximum atomic E-state index is 5.92. The van der Waals surface area contributed by atoms with Crippen LogP contribution < -0.4 is 10.6 Å². The molecule has 0 saturated carbocycles. The molecule has 0 radical (unpaired) electrons. The minimum absolute atomic E-state index is 0.173. The lowest BCUT2D eigenvalue weighted by Crippen LogP contribution is -2.08. The number of hydrogen-bond acceptors (Lipinski definition) is 5. The van der Waals surface area contributed by atoms with Gasteiger partial charge in [0.1, 0.15) is 0 Å². The van der Waals surface area contributed by atoms with E-state index in [2.05, 4.69) is 44.6 Å². The number of benzene rings is 1. The van der Waals surface area contributed by atoms with Gasteiger partial charge in [0.25, 0.3) is 0 Å². The van der Waals surface area contributed by atoms with Crippen LogP contribution in [0.1, 0.15) is 24.5 Å². The summed E-state index contributed by atoms with van der Waals surface area (Å²) in [5, 5.41) is 6.46. The number of hydrogen-bond donors (Lipinski definition) is 2. The zero-order chi connectivity index (χ0) is 14.5. The molecule has 5 nitrogen and oxygen atoms in total. The Morgan fingerprint density at radius 1 is 1.10 bits per heavy atom. The van der Waals surface area contributed by atoms with E-state index in [-0.39, 0.29) is 5.28 Å². The number of nitrogens with one attached hydrogen (secondary N) is 2. The number of nitrogens with zero attached hydrogens (tertiary/aromatic N) is 3. The van der Waals surface area contributed by atoms with Gasteiger partial charge in [-0.1, -0.05) is 19.1 Å². The van der Waals surface area contributed by atoms with Crippen molar-refractivity contribution in [1.82, 2.24) is 15.0 Å². The number of anilines is 3. The number of aryl methyl sites for hydroxylation is 2. The van der Waals surface area contributed by atoms with Crippen LogP contribution in [-0.2, 0) is 0 Å². The molecule has 1 heterocycles. The van der Waals surface area contributed by atoms with E-state index in [9.17, 15) is 0 Å². The van der Waals surface area contributed by atoms with Crippen molar-refractivity contribution < 1.29 is 0 Å². The summed E-state index contributed by atoms with van der Waals surface area (Å²) < 4.78 is 0. The predicted octanol–water partition coefficient (Wildman–Crippen LogP) is 3.71. The second kappa shape index (κ2) is 6.52. The Morgan fingerprint density at radius 3 is 2.60 bits per heavy atom. The van der Waals surface area contributed by atoms with Crippen molar-refractivity contribution in [3.63, 3.8) is 0 Å². The molecule has 0 aliphatic carbocycles. The first-order chi connectivity index (χ1) is 9.58. The number of aromatic nitrogens is 3. The normalized spacial score (nSPS) is 10.4. The molecule has 1 aromatic heterocycles. The molecule has 106 valence electrons. The van der Waals surface area contributed by atoms with Gasteiger partial charge in [0.15, 0.2) is 0 Å². The van der Waals surface area contributed by atoms with Crippen molar-refractivity contribution in [1.29, 1.82) is 0 Å². The summed E-state index contributed by atoms with van der Waals surface area (Å²) in [6, 6.07) is 6.16. The molecule has 0 fully saturated rings. The fourth-order valence-corrected chi connectivity index (χ4v) is 1.87. The van der Waals surface area contributed by atoms with E-state index < -0.39 is 0 Å². The van der Waals surface area contributed by atoms with Crippen molar-refractivity contribution in [2.24, 2.45) is 0 Å². The van der Waals surface area contributed by atoms with Gasteiger partial charge in [-0.15, -0.1) is 0 Å². The van der Waals surface area contributed by atoms with Crippen LogP contribution in [0.15, 0.2) is 18.2 Å². The Morgan fingerprint density at radius 2 is 1.85 bits per heavy atom. The van der Waals surface area contributed by atoms with Gasteiger partial charge in [0.2, 0.25) is 17.2 Å². The summed E-state index contributed by atoms with van der Waals surface area (Å²) in [4.78, 5) is 12.5. The fourth-order valence-electron chi connectivity index (χ4n) is 1.71. The second-order valence-corrected chi connectivity index (χ2v) is 4.96. The molecule has 0 aliphatic rings. The topological polar surface area (TPSA) is 62.7 Å². The summed E-state index contributed by atoms with van der Waals surface area (Å²) in [6.07, 6.45) is 0.989. The van der Waals surface area contributed by atoms with Gasteiger partial charge in [-0.2, -0.15) is 15.0 Å². The molecule has 20 heavy (non-hydrogen) atoms. The van der Waals surface area contributed by atoms with Crippen molar-refractivity contribution in [3.05, 3.63) is 34.6 Å². The molecule has 6 heteroatoms. The molecule has 0 aliphatic heterocycles. The number of halogens is 1. The minimum Gasteiger partial charge on any atom is -0.354 e. The van der Waals surface area contributed by atoms with Gasteiger partial charge in [-0.05, 0) is 49.1 Å². The van der Waals surface area contributed by atoms with Gasteiger partial charge in [0, 0.05) is 12.2 Å². The highest BCUT2D eigenvalue weighted by Gasteiger charge is 2.06. The first-order valence-corrected chi connectivity index (χ1v) is 6.96. The highest BCUT2D eigenvalue weighted by atomic mass is 35.5. The molecule has 0 unspecified atom stereocenters. The monoisotopic (exact) mass is 291 g/mol. The molecule has 0 amide bonds. The van der Waals surface area contributed by atoms with Crippen LogP contribution in [0.4, 0.5) is 17.6 Å². The lowest BCUT2D eigenvalue weighted by atomic mass is 10.1. The largest absolute Gasteiger partial charge is 0.354 e. The van der Waals surface area contributed by atoms with Crippen LogP contribution in [0.2, 0.25) is 5.28 Å². The third kappa shape index (κ3) is 3.81. The fraction of sp³-hybridized carbons (Fsp3) is 0.357. The van der Waals surface area contributed by atoms with Crippen molar-refractivity contribution in [2.45, 2.75) is 27.2 Å². The standard InChI is InChI=1S/C14H18ClN5/c1-4-7-16-13-18-12(15)19-14(20-13)17-11-8-9(2)5-6-10(11)3/h5-6,8H,4,7H2,1-3H3,(H2,16,17,18,19,20). The quantitative estimate of drug-likeness (QED) is 0.879. The summed E-state index contributed by atoms with van der Waals surface area (Å²) in [5.74, 6) is 0.928. The minimum atomic E-state index is 0.173. The van der Waals surface area contributed by atoms with Crippen molar-refractivity contribution >= 4 is 29.2 Å². The molecule has 2 N–H and O–H groups in total. The molecular formula is C14H18ClN5. The van der Waals surface area contributed by atoms with Gasteiger partial charge in [-0.25, -0.2) is 0 Å². The van der Waals surface area contributed by atoms with Crippen LogP contribution in [0.3, 0.4) is 0 Å². The Labute approximate surface area is 123 Å². The van der Waals surface area contributed by atoms with E-state index in [1.807, 2.05) is 19.9 Å². The Kier molecular flexibility index (Phi) is 4.74. The molecule has 0 saturated heterocycles. The highest BCUT2D eigenvalue weighted by Crippen LogP contribution is 2.20. The van der Waals surface area contributed by atoms with Gasteiger partial charge >= 0.3 is 0 Å². The lowest BCUT2D eigenvalue weighted by molar-refractivity contribution is 0.940. The Balaban J connectivity index is 2.24.